The van der Waals surface area contributed by atoms with Crippen LogP contribution in [-0.2, 0) is 0 Å². The van der Waals surface area contributed by atoms with Crippen molar-refractivity contribution in [1.82, 2.24) is 5.32 Å². The van der Waals surface area contributed by atoms with Crippen LogP contribution in [-0.4, -0.2) is 18.7 Å². The summed E-state index contributed by atoms with van der Waals surface area (Å²) in [7, 11) is 0. The van der Waals surface area contributed by atoms with Crippen molar-refractivity contribution in [2.75, 3.05) is 11.9 Å². The summed E-state index contributed by atoms with van der Waals surface area (Å²) in [6.07, 6.45) is 4.90. The van der Waals surface area contributed by atoms with E-state index in [-0.39, 0.29) is 12.1 Å². The third-order valence-electron chi connectivity index (χ3n) is 3.46. The maximum atomic E-state index is 11.7. The van der Waals surface area contributed by atoms with Gasteiger partial charge in [-0.1, -0.05) is 25.4 Å². The van der Waals surface area contributed by atoms with Gasteiger partial charge in [0.2, 0.25) is 0 Å². The molecule has 1 saturated carbocycles. The summed E-state index contributed by atoms with van der Waals surface area (Å²) >= 11 is 6.22. The molecule has 0 bridgehead atoms. The average Bonchev–Trinajstić information content (AvgIpc) is 2.92. The number of halogens is 1. The summed E-state index contributed by atoms with van der Waals surface area (Å²) in [6.45, 7) is 4.74. The van der Waals surface area contributed by atoms with E-state index in [9.17, 15) is 4.79 Å². The van der Waals surface area contributed by atoms with E-state index in [1.54, 1.807) is 6.07 Å². The second-order valence-corrected chi connectivity index (χ2v) is 6.31. The van der Waals surface area contributed by atoms with Crippen LogP contribution >= 0.6 is 11.6 Å². The number of carbonyl (C=O) groups excluding carboxylic acids is 1. The van der Waals surface area contributed by atoms with Gasteiger partial charge in [-0.3, -0.25) is 0 Å². The van der Waals surface area contributed by atoms with Gasteiger partial charge in [0.25, 0.3) is 0 Å². The lowest BCUT2D eigenvalue weighted by atomic mass is 10.2. The molecule has 1 aromatic carbocycles. The van der Waals surface area contributed by atoms with Gasteiger partial charge in [0.05, 0.1) is 11.1 Å². The van der Waals surface area contributed by atoms with E-state index >= 15 is 0 Å². The fourth-order valence-corrected chi connectivity index (χ4v) is 2.56. The summed E-state index contributed by atoms with van der Waals surface area (Å²) in [5, 5.41) is 6.10. The average molecular weight is 311 g/mol. The van der Waals surface area contributed by atoms with Crippen LogP contribution in [0.2, 0.25) is 5.02 Å². The fraction of sp³-hybridized carbons (Fsp3) is 0.562. The molecule has 1 fully saturated rings. The number of hydrogen-bond acceptors (Lipinski definition) is 2. The zero-order chi connectivity index (χ0) is 15.2. The molecule has 2 N–H and O–H groups in total. The quantitative estimate of drug-likeness (QED) is 0.844. The zero-order valence-corrected chi connectivity index (χ0v) is 13.4. The van der Waals surface area contributed by atoms with Crippen LogP contribution in [0.25, 0.3) is 0 Å². The topological polar surface area (TPSA) is 50.4 Å². The van der Waals surface area contributed by atoms with Gasteiger partial charge in [0.1, 0.15) is 5.75 Å². The summed E-state index contributed by atoms with van der Waals surface area (Å²) < 4.78 is 5.88. The van der Waals surface area contributed by atoms with Crippen LogP contribution in [0, 0.1) is 5.92 Å². The minimum absolute atomic E-state index is 0.218. The molecular formula is C16H23ClN2O2. The van der Waals surface area contributed by atoms with E-state index in [2.05, 4.69) is 10.6 Å². The van der Waals surface area contributed by atoms with Gasteiger partial charge < -0.3 is 15.4 Å². The van der Waals surface area contributed by atoms with E-state index in [1.165, 1.54) is 12.8 Å². The number of carbonyl (C=O) groups is 1. The van der Waals surface area contributed by atoms with Gasteiger partial charge in [-0.15, -0.1) is 0 Å². The molecule has 1 aromatic rings. The van der Waals surface area contributed by atoms with Crippen LogP contribution in [0.15, 0.2) is 18.2 Å². The summed E-state index contributed by atoms with van der Waals surface area (Å²) in [6, 6.07) is 5.13. The first-order valence-electron chi connectivity index (χ1n) is 7.55. The molecule has 4 nitrogen and oxygen atoms in total. The van der Waals surface area contributed by atoms with Crippen molar-refractivity contribution in [3.63, 3.8) is 0 Å². The highest BCUT2D eigenvalue weighted by molar-refractivity contribution is 6.32. The lowest BCUT2D eigenvalue weighted by Gasteiger charge is -2.15. The largest absolute Gasteiger partial charge is 0.489 e. The first-order valence-corrected chi connectivity index (χ1v) is 7.93. The molecule has 0 aliphatic heterocycles. The highest BCUT2D eigenvalue weighted by Crippen LogP contribution is 2.31. The molecule has 0 unspecified atom stereocenters. The number of ether oxygens (including phenoxy) is 1. The third-order valence-corrected chi connectivity index (χ3v) is 3.75. The van der Waals surface area contributed by atoms with E-state index in [0.717, 1.165) is 12.8 Å². The Morgan fingerprint density at radius 2 is 2.10 bits per heavy atom. The number of urea groups is 1. The Hall–Kier alpha value is -1.42. The van der Waals surface area contributed by atoms with Crippen molar-refractivity contribution in [2.24, 2.45) is 5.92 Å². The number of rotatable bonds is 5. The van der Waals surface area contributed by atoms with Gasteiger partial charge in [0, 0.05) is 12.2 Å². The molecule has 1 aliphatic rings. The van der Waals surface area contributed by atoms with Crippen molar-refractivity contribution in [1.29, 1.82) is 0 Å². The molecule has 2 rings (SSSR count). The third kappa shape index (κ3) is 5.12. The molecule has 5 heteroatoms. The Kier molecular flexibility index (Phi) is 5.74. The van der Waals surface area contributed by atoms with Crippen LogP contribution in [0.1, 0.15) is 39.5 Å². The fourth-order valence-electron chi connectivity index (χ4n) is 2.33. The maximum absolute atomic E-state index is 11.7. The summed E-state index contributed by atoms with van der Waals surface area (Å²) in [4.78, 5) is 11.7. The van der Waals surface area contributed by atoms with Crippen molar-refractivity contribution in [3.05, 3.63) is 23.2 Å². The van der Waals surface area contributed by atoms with E-state index < -0.39 is 0 Å². The second kappa shape index (κ2) is 7.55. The molecule has 0 saturated heterocycles. The number of nitrogens with one attached hydrogen (secondary N) is 2. The number of amides is 2. The smallest absolute Gasteiger partial charge is 0.319 e. The molecule has 2 amide bonds. The van der Waals surface area contributed by atoms with Crippen LogP contribution < -0.4 is 15.4 Å². The molecule has 116 valence electrons. The molecule has 1 aliphatic carbocycles. The molecule has 0 spiro atoms. The number of hydrogen-bond donors (Lipinski definition) is 2. The van der Waals surface area contributed by atoms with Crippen LogP contribution in [0.3, 0.4) is 0 Å². The Labute approximate surface area is 131 Å². The molecule has 0 radical (unpaired) electrons. The van der Waals surface area contributed by atoms with Crippen molar-refractivity contribution in [3.8, 4) is 5.75 Å². The lowest BCUT2D eigenvalue weighted by molar-refractivity contribution is 0.210. The van der Waals surface area contributed by atoms with Crippen LogP contribution in [0.5, 0.6) is 5.75 Å². The van der Waals surface area contributed by atoms with Gasteiger partial charge in [-0.05, 0) is 49.8 Å². The van der Waals surface area contributed by atoms with Crippen LogP contribution in [0.4, 0.5) is 10.5 Å². The standard InChI is InChI=1S/C16H23ClN2O2/c1-11(2)10-18-16(20)19-12-7-8-15(14(17)9-12)21-13-5-3-4-6-13/h7-9,11,13H,3-6,10H2,1-2H3,(H2,18,19,20). The van der Waals surface area contributed by atoms with Gasteiger partial charge in [0.15, 0.2) is 0 Å². The molecule has 0 atom stereocenters. The maximum Gasteiger partial charge on any atom is 0.319 e. The monoisotopic (exact) mass is 310 g/mol. The minimum atomic E-state index is -0.218. The Morgan fingerprint density at radius 3 is 2.71 bits per heavy atom. The van der Waals surface area contributed by atoms with E-state index in [1.807, 2.05) is 26.0 Å². The molecule has 0 heterocycles. The first-order chi connectivity index (χ1) is 10.0. The van der Waals surface area contributed by atoms with E-state index in [4.69, 9.17) is 16.3 Å². The molecule has 21 heavy (non-hydrogen) atoms. The summed E-state index contributed by atoms with van der Waals surface area (Å²) in [5.41, 5.74) is 0.667. The Bertz CT molecular complexity index is 485. The predicted molar refractivity (Wildman–Crippen MR) is 86.2 cm³/mol. The zero-order valence-electron chi connectivity index (χ0n) is 12.6. The van der Waals surface area contributed by atoms with Gasteiger partial charge >= 0.3 is 6.03 Å². The summed E-state index contributed by atoms with van der Waals surface area (Å²) in [5.74, 6) is 1.11. The number of anilines is 1. The predicted octanol–water partition coefficient (Wildman–Crippen LogP) is 4.44. The SMILES string of the molecule is CC(C)CNC(=O)Nc1ccc(OC2CCCC2)c(Cl)c1. The number of benzene rings is 1. The van der Waals surface area contributed by atoms with Gasteiger partial charge in [-0.2, -0.15) is 0 Å². The first kappa shape index (κ1) is 16.0. The van der Waals surface area contributed by atoms with Crippen molar-refractivity contribution < 1.29 is 9.53 Å². The van der Waals surface area contributed by atoms with Crippen molar-refractivity contribution in [2.45, 2.75) is 45.6 Å². The molecular weight excluding hydrogens is 288 g/mol. The normalized spacial score (nSPS) is 15.2. The minimum Gasteiger partial charge on any atom is -0.489 e. The Balaban J connectivity index is 1.90. The van der Waals surface area contributed by atoms with E-state index in [0.29, 0.717) is 28.9 Å². The molecule has 0 aromatic heterocycles. The highest BCUT2D eigenvalue weighted by atomic mass is 35.5. The van der Waals surface area contributed by atoms with Crippen molar-refractivity contribution >= 4 is 23.3 Å². The highest BCUT2D eigenvalue weighted by Gasteiger charge is 2.17. The van der Waals surface area contributed by atoms with Gasteiger partial charge in [-0.25, -0.2) is 4.79 Å². The second-order valence-electron chi connectivity index (χ2n) is 5.90. The Morgan fingerprint density at radius 1 is 1.38 bits per heavy atom. The lowest BCUT2D eigenvalue weighted by Crippen LogP contribution is -2.31.